The van der Waals surface area contributed by atoms with Crippen LogP contribution in [0.2, 0.25) is 0 Å². The van der Waals surface area contributed by atoms with Crippen LogP contribution in [0.15, 0.2) is 15.8 Å². The van der Waals surface area contributed by atoms with E-state index in [0.717, 1.165) is 4.57 Å². The minimum Gasteiger partial charge on any atom is -0.481 e. The topological polar surface area (TPSA) is 162 Å². The first-order valence-electron chi connectivity index (χ1n) is 7.59. The third-order valence-electron chi connectivity index (χ3n) is 4.12. The Morgan fingerprint density at radius 3 is 2.56 bits per heavy atom. The Hall–Kier alpha value is -2.53. The van der Waals surface area contributed by atoms with Crippen molar-refractivity contribution < 1.29 is 29.3 Å². The summed E-state index contributed by atoms with van der Waals surface area (Å²) < 4.78 is 14.2. The predicted molar refractivity (Wildman–Crippen MR) is 80.4 cm³/mol. The van der Waals surface area contributed by atoms with E-state index in [4.69, 9.17) is 5.11 Å². The highest BCUT2D eigenvalue weighted by Gasteiger charge is 2.39. The molecule has 0 aliphatic heterocycles. The zero-order chi connectivity index (χ0) is 18.7. The van der Waals surface area contributed by atoms with Crippen LogP contribution in [0, 0.1) is 5.82 Å². The van der Waals surface area contributed by atoms with E-state index in [2.05, 4.69) is 5.32 Å². The Morgan fingerprint density at radius 1 is 1.24 bits per heavy atom. The molecule has 4 atom stereocenters. The van der Waals surface area contributed by atoms with Gasteiger partial charge in [0.25, 0.3) is 5.56 Å². The van der Waals surface area contributed by atoms with Crippen LogP contribution in [0.4, 0.5) is 4.39 Å². The van der Waals surface area contributed by atoms with Crippen LogP contribution in [0.25, 0.3) is 0 Å². The summed E-state index contributed by atoms with van der Waals surface area (Å²) >= 11 is 0. The van der Waals surface area contributed by atoms with Crippen molar-refractivity contribution in [3.63, 3.8) is 0 Å². The van der Waals surface area contributed by atoms with Gasteiger partial charge < -0.3 is 20.6 Å². The molecule has 0 radical (unpaired) electrons. The fourth-order valence-electron chi connectivity index (χ4n) is 2.83. The van der Waals surface area contributed by atoms with Crippen molar-refractivity contribution in [3.8, 4) is 0 Å². The van der Waals surface area contributed by atoms with Crippen LogP contribution < -0.4 is 16.6 Å². The molecule has 1 heterocycles. The first kappa shape index (κ1) is 18.8. The van der Waals surface area contributed by atoms with E-state index in [1.807, 2.05) is 0 Å². The molecule has 25 heavy (non-hydrogen) atoms. The minimum atomic E-state index is -1.50. The zero-order valence-electron chi connectivity index (χ0n) is 13.0. The van der Waals surface area contributed by atoms with Gasteiger partial charge in [0.15, 0.2) is 0 Å². The molecule has 1 saturated carbocycles. The van der Waals surface area contributed by atoms with Crippen molar-refractivity contribution in [1.82, 2.24) is 14.9 Å². The van der Waals surface area contributed by atoms with E-state index in [0.29, 0.717) is 6.20 Å². The number of carbonyl (C=O) groups excluding carboxylic acids is 1. The SMILES string of the molecule is O=C(O)CCC(=O)N[C@@H]1CC[C@@H](n2cc(F)c(=O)[nH]c2=O)[C@@H](O)[C@@H]1O. The van der Waals surface area contributed by atoms with Gasteiger partial charge in [-0.3, -0.25) is 23.9 Å². The number of hydrogen-bond donors (Lipinski definition) is 5. The molecule has 0 bridgehead atoms. The molecule has 0 aromatic carbocycles. The quantitative estimate of drug-likeness (QED) is 0.409. The number of carbonyl (C=O) groups is 2. The van der Waals surface area contributed by atoms with Crippen molar-refractivity contribution in [2.24, 2.45) is 0 Å². The number of aliphatic carboxylic acids is 1. The first-order valence-corrected chi connectivity index (χ1v) is 7.59. The van der Waals surface area contributed by atoms with E-state index >= 15 is 0 Å². The lowest BCUT2D eigenvalue weighted by Gasteiger charge is -2.38. The van der Waals surface area contributed by atoms with Gasteiger partial charge in [-0.15, -0.1) is 0 Å². The summed E-state index contributed by atoms with van der Waals surface area (Å²) in [5, 5.41) is 31.3. The lowest BCUT2D eigenvalue weighted by atomic mass is 9.85. The number of nitrogens with zero attached hydrogens (tertiary/aromatic N) is 1. The summed E-state index contributed by atoms with van der Waals surface area (Å²) in [7, 11) is 0. The van der Waals surface area contributed by atoms with E-state index in [1.54, 1.807) is 4.98 Å². The number of carboxylic acid groups (broad SMARTS) is 1. The van der Waals surface area contributed by atoms with Crippen LogP contribution >= 0.6 is 0 Å². The van der Waals surface area contributed by atoms with Crippen LogP contribution in [-0.4, -0.2) is 55.0 Å². The van der Waals surface area contributed by atoms with Gasteiger partial charge in [0.1, 0.15) is 12.2 Å². The number of aliphatic hydroxyl groups excluding tert-OH is 2. The molecule has 10 nitrogen and oxygen atoms in total. The fourth-order valence-corrected chi connectivity index (χ4v) is 2.83. The van der Waals surface area contributed by atoms with Crippen molar-refractivity contribution in [2.45, 2.75) is 50.0 Å². The second-order valence-electron chi connectivity index (χ2n) is 5.84. The molecule has 0 saturated heterocycles. The summed E-state index contributed by atoms with van der Waals surface area (Å²) in [6, 6.07) is -1.82. The van der Waals surface area contributed by atoms with Crippen LogP contribution in [0.3, 0.4) is 0 Å². The molecular formula is C14H18FN3O7. The largest absolute Gasteiger partial charge is 0.481 e. The molecule has 1 aromatic rings. The number of aliphatic hydroxyl groups is 2. The number of aromatic amines is 1. The summed E-state index contributed by atoms with van der Waals surface area (Å²) in [4.78, 5) is 46.7. The number of hydrogen-bond acceptors (Lipinski definition) is 6. The van der Waals surface area contributed by atoms with Gasteiger partial charge in [0, 0.05) is 6.42 Å². The Labute approximate surface area is 139 Å². The fraction of sp³-hybridized carbons (Fsp3) is 0.571. The molecule has 11 heteroatoms. The lowest BCUT2D eigenvalue weighted by molar-refractivity contribution is -0.139. The highest BCUT2D eigenvalue weighted by molar-refractivity contribution is 5.80. The number of nitrogens with one attached hydrogen (secondary N) is 2. The van der Waals surface area contributed by atoms with E-state index in [1.165, 1.54) is 0 Å². The summed E-state index contributed by atoms with van der Waals surface area (Å²) in [5.41, 5.74) is -2.11. The standard InChI is InChI=1S/C14H18FN3O7/c15-6-5-18(14(25)17-13(6)24)8-2-1-7(11(22)12(8)23)16-9(19)3-4-10(20)21/h5,7-8,11-12,22-23H,1-4H2,(H,16,19)(H,20,21)(H,17,24,25)/t7-,8-,11-,12-/m1/s1. The maximum Gasteiger partial charge on any atom is 0.328 e. The predicted octanol–water partition coefficient (Wildman–Crippen LogP) is -1.92. The molecule has 1 aliphatic carbocycles. The molecule has 1 amide bonds. The van der Waals surface area contributed by atoms with Crippen molar-refractivity contribution in [1.29, 1.82) is 0 Å². The second-order valence-corrected chi connectivity index (χ2v) is 5.84. The third-order valence-corrected chi connectivity index (χ3v) is 4.12. The number of H-pyrrole nitrogens is 1. The Balaban J connectivity index is 2.09. The Morgan fingerprint density at radius 2 is 1.92 bits per heavy atom. The van der Waals surface area contributed by atoms with Gasteiger partial charge in [-0.2, -0.15) is 4.39 Å². The van der Waals surface area contributed by atoms with E-state index in [9.17, 15) is 33.8 Å². The molecule has 2 rings (SSSR count). The normalized spacial score (nSPS) is 26.2. The second kappa shape index (κ2) is 7.57. The molecule has 138 valence electrons. The highest BCUT2D eigenvalue weighted by atomic mass is 19.1. The summed E-state index contributed by atoms with van der Waals surface area (Å²) in [6.45, 7) is 0. The molecule has 5 N–H and O–H groups in total. The summed E-state index contributed by atoms with van der Waals surface area (Å²) in [6.07, 6.45) is -2.65. The van der Waals surface area contributed by atoms with Gasteiger partial charge in [-0.1, -0.05) is 0 Å². The molecule has 0 spiro atoms. The maximum absolute atomic E-state index is 13.4. The zero-order valence-corrected chi connectivity index (χ0v) is 13.0. The maximum atomic E-state index is 13.4. The Bertz CT molecular complexity index is 774. The molecule has 1 aromatic heterocycles. The van der Waals surface area contributed by atoms with Gasteiger partial charge >= 0.3 is 11.7 Å². The average Bonchev–Trinajstić information content (AvgIpc) is 2.54. The molecular weight excluding hydrogens is 341 g/mol. The molecule has 0 unspecified atom stereocenters. The minimum absolute atomic E-state index is 0.119. The number of halogens is 1. The number of carboxylic acids is 1. The van der Waals surface area contributed by atoms with E-state index in [-0.39, 0.29) is 25.7 Å². The smallest absolute Gasteiger partial charge is 0.328 e. The van der Waals surface area contributed by atoms with Crippen LogP contribution in [0.5, 0.6) is 0 Å². The first-order chi connectivity index (χ1) is 11.7. The number of amides is 1. The molecule has 1 fully saturated rings. The van der Waals surface area contributed by atoms with Gasteiger partial charge in [-0.05, 0) is 12.8 Å². The monoisotopic (exact) mass is 359 g/mol. The van der Waals surface area contributed by atoms with Gasteiger partial charge in [0.2, 0.25) is 11.7 Å². The van der Waals surface area contributed by atoms with Gasteiger partial charge in [0.05, 0.1) is 24.7 Å². The average molecular weight is 359 g/mol. The van der Waals surface area contributed by atoms with Gasteiger partial charge in [-0.25, -0.2) is 4.79 Å². The van der Waals surface area contributed by atoms with Crippen LogP contribution in [-0.2, 0) is 9.59 Å². The highest BCUT2D eigenvalue weighted by Crippen LogP contribution is 2.28. The summed E-state index contributed by atoms with van der Waals surface area (Å²) in [5.74, 6) is -2.94. The van der Waals surface area contributed by atoms with Crippen molar-refractivity contribution in [3.05, 3.63) is 32.9 Å². The molecule has 1 aliphatic rings. The number of aromatic nitrogens is 2. The van der Waals surface area contributed by atoms with E-state index < -0.39 is 53.2 Å². The van der Waals surface area contributed by atoms with Crippen molar-refractivity contribution in [2.75, 3.05) is 0 Å². The third kappa shape index (κ3) is 4.31. The lowest BCUT2D eigenvalue weighted by Crippen LogP contribution is -2.55. The number of rotatable bonds is 5. The van der Waals surface area contributed by atoms with Crippen molar-refractivity contribution >= 4 is 11.9 Å². The van der Waals surface area contributed by atoms with Crippen LogP contribution in [0.1, 0.15) is 31.7 Å². The Kier molecular flexibility index (Phi) is 5.69.